The van der Waals surface area contributed by atoms with Crippen LogP contribution in [0.5, 0.6) is 0 Å². The molecule has 0 aliphatic rings. The number of rotatable bonds is 0. The molecule has 0 aliphatic heterocycles. The third-order valence-electron chi connectivity index (χ3n) is 0. The SMILES string of the molecule is O.OC(O)P. The number of aliphatic hydroxyl groups is 2. The summed E-state index contributed by atoms with van der Waals surface area (Å²) in [5.74, 6) is 0. The lowest BCUT2D eigenvalue weighted by Crippen LogP contribution is -1.85. The zero-order valence-corrected chi connectivity index (χ0v) is 3.70. The first kappa shape index (κ1) is 9.00. The largest absolute Gasteiger partial charge is 0.412 e. The van der Waals surface area contributed by atoms with E-state index in [9.17, 15) is 0 Å². The highest BCUT2D eigenvalue weighted by Gasteiger charge is 1.70. The third-order valence-corrected chi connectivity index (χ3v) is 0. The Bertz CT molecular complexity index is 11.6. The van der Waals surface area contributed by atoms with Crippen molar-refractivity contribution in [2.45, 2.75) is 6.03 Å². The maximum absolute atomic E-state index is 7.57. The van der Waals surface area contributed by atoms with Crippen LogP contribution < -0.4 is 0 Å². The molecule has 0 radical (unpaired) electrons. The Kier molecular flexibility index (Phi) is 7.76. The molecule has 0 rings (SSSR count). The monoisotopic (exact) mass is 98.0 g/mol. The summed E-state index contributed by atoms with van der Waals surface area (Å²) in [5, 5.41) is 15.1. The van der Waals surface area contributed by atoms with Crippen molar-refractivity contribution < 1.29 is 15.7 Å². The zero-order chi connectivity index (χ0) is 3.58. The van der Waals surface area contributed by atoms with Crippen LogP contribution in [0.15, 0.2) is 0 Å². The average molecular weight is 98.0 g/mol. The van der Waals surface area contributed by atoms with E-state index in [-0.39, 0.29) is 5.48 Å². The van der Waals surface area contributed by atoms with Gasteiger partial charge in [0.25, 0.3) is 0 Å². The molecule has 4 heteroatoms. The topological polar surface area (TPSA) is 72.0 Å². The lowest BCUT2D eigenvalue weighted by molar-refractivity contribution is 0.0395. The van der Waals surface area contributed by atoms with Crippen LogP contribution in [0.4, 0.5) is 0 Å². The molecule has 0 aliphatic carbocycles. The van der Waals surface area contributed by atoms with E-state index in [1.165, 1.54) is 0 Å². The molecule has 0 spiro atoms. The predicted octanol–water partition coefficient (Wildman–Crippen LogP) is -1.70. The second kappa shape index (κ2) is 4.31. The fourth-order valence-electron chi connectivity index (χ4n) is 0. The molecule has 0 saturated heterocycles. The molecule has 0 fully saturated rings. The van der Waals surface area contributed by atoms with E-state index in [1.807, 2.05) is 0 Å². The smallest absolute Gasteiger partial charge is 0.164 e. The van der Waals surface area contributed by atoms with Gasteiger partial charge in [0.05, 0.1) is 0 Å². The van der Waals surface area contributed by atoms with Crippen LogP contribution in [0, 0.1) is 0 Å². The molecule has 0 heterocycles. The summed E-state index contributed by atoms with van der Waals surface area (Å²) in [6.07, 6.45) is 0. The van der Waals surface area contributed by atoms with E-state index in [0.29, 0.717) is 0 Å². The Balaban J connectivity index is 0. The maximum atomic E-state index is 7.57. The van der Waals surface area contributed by atoms with Gasteiger partial charge in [0.1, 0.15) is 0 Å². The van der Waals surface area contributed by atoms with Crippen molar-refractivity contribution in [1.29, 1.82) is 0 Å². The molecular formula is CH7O3P. The highest BCUT2D eigenvalue weighted by Crippen LogP contribution is 1.81. The van der Waals surface area contributed by atoms with Crippen LogP contribution in [0.25, 0.3) is 0 Å². The van der Waals surface area contributed by atoms with Gasteiger partial charge in [-0.05, 0) is 0 Å². The predicted molar refractivity (Wildman–Crippen MR) is 21.5 cm³/mol. The molecule has 0 aromatic heterocycles. The van der Waals surface area contributed by atoms with Gasteiger partial charge >= 0.3 is 0 Å². The summed E-state index contributed by atoms with van der Waals surface area (Å²) in [6, 6.07) is -1.25. The van der Waals surface area contributed by atoms with Gasteiger partial charge in [-0.3, -0.25) is 0 Å². The molecule has 0 aromatic carbocycles. The minimum atomic E-state index is -1.25. The molecule has 0 bridgehead atoms. The van der Waals surface area contributed by atoms with Crippen molar-refractivity contribution in [3.63, 3.8) is 0 Å². The summed E-state index contributed by atoms with van der Waals surface area (Å²) < 4.78 is 0. The second-order valence-corrected chi connectivity index (χ2v) is 1.01. The molecule has 3 nitrogen and oxygen atoms in total. The van der Waals surface area contributed by atoms with Crippen molar-refractivity contribution in [2.24, 2.45) is 0 Å². The van der Waals surface area contributed by atoms with Crippen molar-refractivity contribution in [2.75, 3.05) is 0 Å². The van der Waals surface area contributed by atoms with E-state index in [2.05, 4.69) is 0 Å². The first-order valence-electron chi connectivity index (χ1n) is 0.850. The van der Waals surface area contributed by atoms with Gasteiger partial charge in [0.15, 0.2) is 6.03 Å². The van der Waals surface area contributed by atoms with Crippen molar-refractivity contribution in [3.8, 4) is 0 Å². The van der Waals surface area contributed by atoms with Crippen LogP contribution >= 0.6 is 9.24 Å². The molecule has 0 aromatic rings. The zero-order valence-electron chi connectivity index (χ0n) is 2.55. The second-order valence-electron chi connectivity index (χ2n) is 0.414. The normalized spacial score (nSPS) is 7.20. The van der Waals surface area contributed by atoms with E-state index in [0.717, 1.165) is 0 Å². The van der Waals surface area contributed by atoms with Crippen LogP contribution in [-0.2, 0) is 0 Å². The Morgan fingerprint density at radius 1 is 1.40 bits per heavy atom. The van der Waals surface area contributed by atoms with Crippen LogP contribution in [0.1, 0.15) is 0 Å². The lowest BCUT2D eigenvalue weighted by Gasteiger charge is -1.80. The summed E-state index contributed by atoms with van der Waals surface area (Å²) in [5.41, 5.74) is 0. The summed E-state index contributed by atoms with van der Waals surface area (Å²) in [6.45, 7) is 0. The number of hydrogen-bond acceptors (Lipinski definition) is 2. The Labute approximate surface area is 32.1 Å². The minimum absolute atomic E-state index is 0. The molecule has 5 heavy (non-hydrogen) atoms. The van der Waals surface area contributed by atoms with Gasteiger partial charge in [0, 0.05) is 0 Å². The Morgan fingerprint density at radius 3 is 1.40 bits per heavy atom. The van der Waals surface area contributed by atoms with Crippen molar-refractivity contribution >= 4 is 9.24 Å². The van der Waals surface area contributed by atoms with Crippen molar-refractivity contribution in [1.82, 2.24) is 0 Å². The van der Waals surface area contributed by atoms with E-state index in [4.69, 9.17) is 10.2 Å². The Hall–Kier alpha value is 0.310. The number of hydrogen-bond donors (Lipinski definition) is 2. The van der Waals surface area contributed by atoms with Gasteiger partial charge in [-0.25, -0.2) is 0 Å². The van der Waals surface area contributed by atoms with Crippen LogP contribution in [0.3, 0.4) is 0 Å². The summed E-state index contributed by atoms with van der Waals surface area (Å²) >= 11 is 0. The molecule has 1 atom stereocenters. The van der Waals surface area contributed by atoms with E-state index >= 15 is 0 Å². The van der Waals surface area contributed by atoms with Gasteiger partial charge in [-0.2, -0.15) is 0 Å². The first-order chi connectivity index (χ1) is 1.73. The molecule has 0 amide bonds. The van der Waals surface area contributed by atoms with E-state index in [1.54, 1.807) is 9.24 Å². The van der Waals surface area contributed by atoms with E-state index < -0.39 is 6.03 Å². The average Bonchev–Trinajstić information content (AvgIpc) is 0.811. The highest BCUT2D eigenvalue weighted by atomic mass is 31.0. The van der Waals surface area contributed by atoms with Crippen molar-refractivity contribution in [3.05, 3.63) is 0 Å². The minimum Gasteiger partial charge on any atom is -0.412 e. The fraction of sp³-hybridized carbons (Fsp3) is 1.00. The van der Waals surface area contributed by atoms with Gasteiger partial charge in [-0.15, -0.1) is 0 Å². The molecule has 0 saturated carbocycles. The summed E-state index contributed by atoms with van der Waals surface area (Å²) in [4.78, 5) is 0. The molecule has 34 valence electrons. The molecular weight excluding hydrogens is 91.0 g/mol. The first-order valence-corrected chi connectivity index (χ1v) is 1.52. The fourth-order valence-corrected chi connectivity index (χ4v) is 0. The molecule has 4 N–H and O–H groups in total. The maximum Gasteiger partial charge on any atom is 0.164 e. The number of aliphatic hydroxyl groups excluding tert-OH is 1. The quantitative estimate of drug-likeness (QED) is 0.280. The summed E-state index contributed by atoms with van der Waals surface area (Å²) in [7, 11) is 1.77. The van der Waals surface area contributed by atoms with Gasteiger partial charge in [0.2, 0.25) is 0 Å². The Morgan fingerprint density at radius 2 is 1.40 bits per heavy atom. The standard InChI is InChI=1S/CH5O2P.H2O/c2-1(3)4;/h1-3H,4H2;1H2. The third kappa shape index (κ3) is 239. The lowest BCUT2D eigenvalue weighted by atomic mass is 11.5. The van der Waals surface area contributed by atoms with Gasteiger partial charge < -0.3 is 15.7 Å². The highest BCUT2D eigenvalue weighted by molar-refractivity contribution is 7.16. The van der Waals surface area contributed by atoms with Crippen LogP contribution in [0.2, 0.25) is 0 Å². The van der Waals surface area contributed by atoms with Crippen LogP contribution in [-0.4, -0.2) is 21.7 Å². The molecule has 1 unspecified atom stereocenters. The van der Waals surface area contributed by atoms with Gasteiger partial charge in [-0.1, -0.05) is 9.24 Å².